The molecule has 0 saturated carbocycles. The first-order chi connectivity index (χ1) is 11.2. The van der Waals surface area contributed by atoms with Gasteiger partial charge in [0.05, 0.1) is 16.6 Å². The van der Waals surface area contributed by atoms with Crippen LogP contribution in [0.1, 0.15) is 17.5 Å². The highest BCUT2D eigenvalue weighted by Crippen LogP contribution is 2.32. The van der Waals surface area contributed by atoms with E-state index in [2.05, 4.69) is 18.2 Å². The smallest absolute Gasteiger partial charge is 0.293 e. The van der Waals surface area contributed by atoms with Gasteiger partial charge in [-0.3, -0.25) is 10.1 Å². The van der Waals surface area contributed by atoms with Crippen LogP contribution < -0.4 is 4.90 Å². The molecular formula is C18H15N3O2. The SMILES string of the molecule is N#Cc1ccc(N2CC=C(c3ccccc3)CC2)c([N+](=O)[O-])c1. The maximum atomic E-state index is 11.3. The van der Waals surface area contributed by atoms with Crippen molar-refractivity contribution in [1.29, 1.82) is 5.26 Å². The van der Waals surface area contributed by atoms with Crippen molar-refractivity contribution in [2.45, 2.75) is 6.42 Å². The highest BCUT2D eigenvalue weighted by Gasteiger charge is 2.22. The molecule has 1 heterocycles. The quantitative estimate of drug-likeness (QED) is 0.639. The first-order valence-electron chi connectivity index (χ1n) is 7.37. The molecule has 23 heavy (non-hydrogen) atoms. The fourth-order valence-corrected chi connectivity index (χ4v) is 2.81. The predicted molar refractivity (Wildman–Crippen MR) is 89.1 cm³/mol. The zero-order valence-corrected chi connectivity index (χ0v) is 12.5. The van der Waals surface area contributed by atoms with Gasteiger partial charge in [-0.2, -0.15) is 5.26 Å². The standard InChI is InChI=1S/C18H15N3O2/c19-13-14-6-7-17(18(12-14)21(22)23)20-10-8-16(9-11-20)15-4-2-1-3-5-15/h1-8,12H,9-11H2. The van der Waals surface area contributed by atoms with Crippen molar-refractivity contribution in [1.82, 2.24) is 0 Å². The third-order valence-electron chi connectivity index (χ3n) is 4.00. The van der Waals surface area contributed by atoms with Gasteiger partial charge in [0.1, 0.15) is 5.69 Å². The molecule has 0 atom stereocenters. The number of anilines is 1. The number of nitro benzene ring substituents is 1. The summed E-state index contributed by atoms with van der Waals surface area (Å²) in [5, 5.41) is 20.2. The van der Waals surface area contributed by atoms with E-state index in [0.29, 0.717) is 24.3 Å². The molecule has 3 rings (SSSR count). The largest absolute Gasteiger partial charge is 0.362 e. The minimum absolute atomic E-state index is 0.0133. The lowest BCUT2D eigenvalue weighted by molar-refractivity contribution is -0.384. The minimum atomic E-state index is -0.424. The highest BCUT2D eigenvalue weighted by atomic mass is 16.6. The highest BCUT2D eigenvalue weighted by molar-refractivity contribution is 5.71. The van der Waals surface area contributed by atoms with Crippen molar-refractivity contribution in [3.8, 4) is 6.07 Å². The van der Waals surface area contributed by atoms with Crippen LogP contribution in [0, 0.1) is 21.4 Å². The fraction of sp³-hybridized carbons (Fsp3) is 0.167. The normalized spacial score (nSPS) is 14.0. The molecule has 0 aromatic heterocycles. The van der Waals surface area contributed by atoms with Gasteiger partial charge >= 0.3 is 0 Å². The lowest BCUT2D eigenvalue weighted by Crippen LogP contribution is -2.28. The Kier molecular flexibility index (Phi) is 4.07. The van der Waals surface area contributed by atoms with Crippen LogP contribution in [-0.2, 0) is 0 Å². The molecule has 0 unspecified atom stereocenters. The van der Waals surface area contributed by atoms with E-state index in [-0.39, 0.29) is 5.69 Å². The molecule has 0 N–H and O–H groups in total. The topological polar surface area (TPSA) is 70.2 Å². The van der Waals surface area contributed by atoms with Crippen LogP contribution in [0.5, 0.6) is 0 Å². The van der Waals surface area contributed by atoms with Crippen LogP contribution in [0.2, 0.25) is 0 Å². The molecule has 0 spiro atoms. The van der Waals surface area contributed by atoms with Gasteiger partial charge in [0.15, 0.2) is 0 Å². The Bertz CT molecular complexity index is 807. The van der Waals surface area contributed by atoms with Crippen LogP contribution in [0.4, 0.5) is 11.4 Å². The van der Waals surface area contributed by atoms with Gasteiger partial charge in [-0.05, 0) is 29.7 Å². The molecule has 114 valence electrons. The van der Waals surface area contributed by atoms with Crippen molar-refractivity contribution in [2.24, 2.45) is 0 Å². The fourth-order valence-electron chi connectivity index (χ4n) is 2.81. The van der Waals surface area contributed by atoms with E-state index in [1.54, 1.807) is 12.1 Å². The van der Waals surface area contributed by atoms with Crippen molar-refractivity contribution in [3.05, 3.63) is 75.8 Å². The Labute approximate surface area is 134 Å². The Hall–Kier alpha value is -3.13. The molecule has 0 fully saturated rings. The Morgan fingerprint density at radius 1 is 1.17 bits per heavy atom. The lowest BCUT2D eigenvalue weighted by atomic mass is 9.99. The molecule has 5 heteroatoms. The van der Waals surface area contributed by atoms with E-state index in [0.717, 1.165) is 6.42 Å². The molecule has 0 amide bonds. The maximum Gasteiger partial charge on any atom is 0.293 e. The first-order valence-corrected chi connectivity index (χ1v) is 7.37. The first kappa shape index (κ1) is 14.8. The molecule has 0 bridgehead atoms. The van der Waals surface area contributed by atoms with Crippen molar-refractivity contribution in [2.75, 3.05) is 18.0 Å². The maximum absolute atomic E-state index is 11.3. The summed E-state index contributed by atoms with van der Waals surface area (Å²) in [5.41, 5.74) is 3.32. The number of nitriles is 1. The van der Waals surface area contributed by atoms with E-state index in [1.807, 2.05) is 29.2 Å². The number of hydrogen-bond acceptors (Lipinski definition) is 4. The summed E-state index contributed by atoms with van der Waals surface area (Å²) in [4.78, 5) is 12.8. The van der Waals surface area contributed by atoms with E-state index in [9.17, 15) is 10.1 Å². The van der Waals surface area contributed by atoms with Crippen molar-refractivity contribution >= 4 is 16.9 Å². The third-order valence-corrected chi connectivity index (χ3v) is 4.00. The number of benzene rings is 2. The summed E-state index contributed by atoms with van der Waals surface area (Å²) >= 11 is 0. The van der Waals surface area contributed by atoms with Gasteiger partial charge in [0.2, 0.25) is 0 Å². The predicted octanol–water partition coefficient (Wildman–Crippen LogP) is 3.76. The van der Waals surface area contributed by atoms with Gasteiger partial charge < -0.3 is 4.90 Å². The number of rotatable bonds is 3. The molecular weight excluding hydrogens is 290 g/mol. The summed E-state index contributed by atoms with van der Waals surface area (Å²) < 4.78 is 0. The molecule has 0 radical (unpaired) electrons. The van der Waals surface area contributed by atoms with Crippen LogP contribution in [0.3, 0.4) is 0 Å². The molecule has 2 aromatic carbocycles. The molecule has 5 nitrogen and oxygen atoms in total. The molecule has 1 aliphatic heterocycles. The number of nitrogens with zero attached hydrogens (tertiary/aromatic N) is 3. The van der Waals surface area contributed by atoms with Gasteiger partial charge in [-0.15, -0.1) is 0 Å². The number of hydrogen-bond donors (Lipinski definition) is 0. The molecule has 0 aliphatic carbocycles. The summed E-state index contributed by atoms with van der Waals surface area (Å²) in [6, 6.07) is 16.7. The van der Waals surface area contributed by atoms with E-state index >= 15 is 0 Å². The van der Waals surface area contributed by atoms with Crippen molar-refractivity contribution in [3.63, 3.8) is 0 Å². The summed E-state index contributed by atoms with van der Waals surface area (Å²) in [7, 11) is 0. The minimum Gasteiger partial charge on any atom is -0.362 e. The second-order valence-corrected chi connectivity index (χ2v) is 5.36. The monoisotopic (exact) mass is 305 g/mol. The van der Waals surface area contributed by atoms with Crippen molar-refractivity contribution < 1.29 is 4.92 Å². The zero-order chi connectivity index (χ0) is 16.2. The van der Waals surface area contributed by atoms with Crippen LogP contribution in [-0.4, -0.2) is 18.0 Å². The summed E-state index contributed by atoms with van der Waals surface area (Å²) in [6.07, 6.45) is 2.95. The molecule has 0 saturated heterocycles. The third kappa shape index (κ3) is 3.06. The molecule has 2 aromatic rings. The van der Waals surface area contributed by atoms with E-state index < -0.39 is 4.92 Å². The average Bonchev–Trinajstić information content (AvgIpc) is 2.62. The Balaban J connectivity index is 1.87. The van der Waals surface area contributed by atoms with Gasteiger partial charge in [0.25, 0.3) is 5.69 Å². The van der Waals surface area contributed by atoms with Gasteiger partial charge in [0, 0.05) is 19.2 Å². The summed E-state index contributed by atoms with van der Waals surface area (Å²) in [5.74, 6) is 0. The van der Waals surface area contributed by atoms with Gasteiger partial charge in [-0.1, -0.05) is 36.4 Å². The van der Waals surface area contributed by atoms with Gasteiger partial charge in [-0.25, -0.2) is 0 Å². The van der Waals surface area contributed by atoms with E-state index in [1.165, 1.54) is 17.2 Å². The second-order valence-electron chi connectivity index (χ2n) is 5.36. The average molecular weight is 305 g/mol. The summed E-state index contributed by atoms with van der Waals surface area (Å²) in [6.45, 7) is 1.34. The second kappa shape index (κ2) is 6.32. The molecule has 1 aliphatic rings. The van der Waals surface area contributed by atoms with Crippen LogP contribution in [0.15, 0.2) is 54.6 Å². The number of nitro groups is 1. The Morgan fingerprint density at radius 2 is 1.96 bits per heavy atom. The van der Waals surface area contributed by atoms with Crippen LogP contribution in [0.25, 0.3) is 5.57 Å². The Morgan fingerprint density at radius 3 is 2.57 bits per heavy atom. The van der Waals surface area contributed by atoms with Crippen LogP contribution >= 0.6 is 0 Å². The lowest BCUT2D eigenvalue weighted by Gasteiger charge is -2.28. The van der Waals surface area contributed by atoms with E-state index in [4.69, 9.17) is 5.26 Å². The zero-order valence-electron chi connectivity index (χ0n) is 12.5.